The second-order valence-corrected chi connectivity index (χ2v) is 7.42. The Morgan fingerprint density at radius 1 is 1.23 bits per heavy atom. The molecule has 6 heteroatoms. The second-order valence-electron chi connectivity index (χ2n) is 5.89. The van der Waals surface area contributed by atoms with Gasteiger partial charge in [-0.15, -0.1) is 11.3 Å². The number of phenolic OH excluding ortho intramolecular Hbond substituents is 1. The number of anilines is 1. The largest absolute Gasteiger partial charge is 0.507 e. The Bertz CT molecular complexity index is 936. The highest BCUT2D eigenvalue weighted by Crippen LogP contribution is 2.48. The lowest BCUT2D eigenvalue weighted by Crippen LogP contribution is -2.02. The molecule has 0 unspecified atom stereocenters. The minimum absolute atomic E-state index is 0.0682. The average Bonchev–Trinajstić information content (AvgIpc) is 3.04. The average molecular weight is 387 g/mol. The van der Waals surface area contributed by atoms with E-state index >= 15 is 0 Å². The van der Waals surface area contributed by atoms with Crippen LogP contribution < -0.4 is 11.1 Å². The molecule has 0 saturated carbocycles. The maximum atomic E-state index is 11.1. The van der Waals surface area contributed by atoms with Crippen LogP contribution >= 0.6 is 22.9 Å². The van der Waals surface area contributed by atoms with Gasteiger partial charge in [0.05, 0.1) is 10.7 Å². The SMILES string of the molecule is Cc1sccc1-c1c(NC=O)c(Cl)cc(O)c1-c1ccc(CCN)cc1. The fourth-order valence-electron chi connectivity index (χ4n) is 3.05. The van der Waals surface area contributed by atoms with Crippen molar-refractivity contribution in [2.45, 2.75) is 13.3 Å². The van der Waals surface area contributed by atoms with E-state index in [9.17, 15) is 9.90 Å². The van der Waals surface area contributed by atoms with Crippen LogP contribution in [0.2, 0.25) is 5.02 Å². The zero-order valence-corrected chi connectivity index (χ0v) is 15.8. The first-order valence-corrected chi connectivity index (χ1v) is 9.42. The number of carbonyl (C=O) groups excluding carboxylic acids is 1. The predicted molar refractivity (Wildman–Crippen MR) is 109 cm³/mol. The van der Waals surface area contributed by atoms with Gasteiger partial charge in [-0.3, -0.25) is 4.79 Å². The predicted octanol–water partition coefficient (Wildman–Crippen LogP) is 4.82. The number of carbonyl (C=O) groups is 1. The Morgan fingerprint density at radius 2 is 1.96 bits per heavy atom. The van der Waals surface area contributed by atoms with Gasteiger partial charge in [0, 0.05) is 22.1 Å². The van der Waals surface area contributed by atoms with Crippen molar-refractivity contribution in [1.29, 1.82) is 0 Å². The molecule has 4 N–H and O–H groups in total. The fourth-order valence-corrected chi connectivity index (χ4v) is 4.01. The molecule has 1 aromatic heterocycles. The number of hydrogen-bond acceptors (Lipinski definition) is 4. The molecule has 0 spiro atoms. The quantitative estimate of drug-likeness (QED) is 0.420. The van der Waals surface area contributed by atoms with Crippen molar-refractivity contribution in [1.82, 2.24) is 0 Å². The van der Waals surface area contributed by atoms with E-state index in [4.69, 9.17) is 17.3 Å². The van der Waals surface area contributed by atoms with Gasteiger partial charge in [-0.1, -0.05) is 35.9 Å². The molecule has 0 radical (unpaired) electrons. The lowest BCUT2D eigenvalue weighted by Gasteiger charge is -2.18. The smallest absolute Gasteiger partial charge is 0.211 e. The molecule has 3 rings (SSSR count). The number of benzene rings is 2. The highest BCUT2D eigenvalue weighted by atomic mass is 35.5. The van der Waals surface area contributed by atoms with Gasteiger partial charge in [0.1, 0.15) is 5.75 Å². The number of nitrogens with two attached hydrogens (primary N) is 1. The van der Waals surface area contributed by atoms with E-state index in [1.54, 1.807) is 11.3 Å². The van der Waals surface area contributed by atoms with Crippen molar-refractivity contribution in [2.24, 2.45) is 5.73 Å². The monoisotopic (exact) mass is 386 g/mol. The Labute approximate surface area is 161 Å². The van der Waals surface area contributed by atoms with Crippen molar-refractivity contribution >= 4 is 35.0 Å². The summed E-state index contributed by atoms with van der Waals surface area (Å²) in [6.45, 7) is 2.58. The molecule has 4 nitrogen and oxygen atoms in total. The summed E-state index contributed by atoms with van der Waals surface area (Å²) in [5.41, 5.74) is 10.4. The van der Waals surface area contributed by atoms with E-state index in [0.29, 0.717) is 34.8 Å². The summed E-state index contributed by atoms with van der Waals surface area (Å²) in [6.07, 6.45) is 1.39. The highest BCUT2D eigenvalue weighted by molar-refractivity contribution is 7.10. The van der Waals surface area contributed by atoms with Crippen LogP contribution in [0.15, 0.2) is 41.8 Å². The molecule has 1 heterocycles. The Morgan fingerprint density at radius 3 is 2.54 bits per heavy atom. The van der Waals surface area contributed by atoms with Gasteiger partial charge in [0.2, 0.25) is 6.41 Å². The number of phenols is 1. The van der Waals surface area contributed by atoms with Gasteiger partial charge in [-0.2, -0.15) is 0 Å². The molecule has 0 saturated heterocycles. The third-order valence-corrected chi connectivity index (χ3v) is 5.41. The summed E-state index contributed by atoms with van der Waals surface area (Å²) in [4.78, 5) is 12.2. The maximum absolute atomic E-state index is 11.1. The van der Waals surface area contributed by atoms with Gasteiger partial charge < -0.3 is 16.2 Å². The molecule has 2 aromatic carbocycles. The topological polar surface area (TPSA) is 75.3 Å². The molecule has 1 amide bonds. The summed E-state index contributed by atoms with van der Waals surface area (Å²) in [5, 5.41) is 15.6. The molecule has 0 atom stereocenters. The highest BCUT2D eigenvalue weighted by Gasteiger charge is 2.21. The van der Waals surface area contributed by atoms with Crippen molar-refractivity contribution < 1.29 is 9.90 Å². The van der Waals surface area contributed by atoms with Gasteiger partial charge in [-0.25, -0.2) is 0 Å². The molecular formula is C20H19ClN2O2S. The third-order valence-electron chi connectivity index (χ3n) is 4.27. The van der Waals surface area contributed by atoms with Gasteiger partial charge in [0.15, 0.2) is 0 Å². The second kappa shape index (κ2) is 7.91. The van der Waals surface area contributed by atoms with E-state index in [-0.39, 0.29) is 5.75 Å². The van der Waals surface area contributed by atoms with Crippen LogP contribution in [0, 0.1) is 6.92 Å². The van der Waals surface area contributed by atoms with Crippen LogP contribution in [0.1, 0.15) is 10.4 Å². The Balaban J connectivity index is 2.28. The van der Waals surface area contributed by atoms with E-state index in [1.807, 2.05) is 42.6 Å². The van der Waals surface area contributed by atoms with Crippen LogP contribution in [0.5, 0.6) is 5.75 Å². The Hall–Kier alpha value is -2.34. The fraction of sp³-hybridized carbons (Fsp3) is 0.150. The van der Waals surface area contributed by atoms with Crippen molar-refractivity contribution in [3.8, 4) is 28.0 Å². The summed E-state index contributed by atoms with van der Waals surface area (Å²) in [6, 6.07) is 11.3. The first-order valence-electron chi connectivity index (χ1n) is 8.16. The first-order chi connectivity index (χ1) is 12.6. The lowest BCUT2D eigenvalue weighted by atomic mass is 9.91. The summed E-state index contributed by atoms with van der Waals surface area (Å²) < 4.78 is 0. The van der Waals surface area contributed by atoms with Crippen LogP contribution in [0.3, 0.4) is 0 Å². The number of hydrogen-bond donors (Lipinski definition) is 3. The summed E-state index contributed by atoms with van der Waals surface area (Å²) in [7, 11) is 0. The van der Waals surface area contributed by atoms with Crippen LogP contribution in [0.4, 0.5) is 5.69 Å². The standard InChI is InChI=1S/C20H19ClN2O2S/c1-12-15(7-9-26-12)19-18(14-4-2-13(3-5-14)6-8-22)17(25)10-16(21)20(19)23-11-24/h2-5,7,9-11,25H,6,8,22H2,1H3,(H,23,24). The minimum atomic E-state index is 0.0682. The number of thiophene rings is 1. The minimum Gasteiger partial charge on any atom is -0.507 e. The molecular weight excluding hydrogens is 368 g/mol. The molecule has 0 aliphatic carbocycles. The van der Waals surface area contributed by atoms with E-state index in [0.717, 1.165) is 28.0 Å². The van der Waals surface area contributed by atoms with E-state index in [2.05, 4.69) is 5.32 Å². The van der Waals surface area contributed by atoms with Gasteiger partial charge >= 0.3 is 0 Å². The van der Waals surface area contributed by atoms with E-state index < -0.39 is 0 Å². The molecule has 0 aliphatic heterocycles. The number of rotatable bonds is 6. The summed E-state index contributed by atoms with van der Waals surface area (Å²) >= 11 is 7.91. The zero-order valence-electron chi connectivity index (χ0n) is 14.3. The van der Waals surface area contributed by atoms with Crippen molar-refractivity contribution in [3.05, 3.63) is 57.2 Å². The number of aromatic hydroxyl groups is 1. The number of amides is 1. The van der Waals surface area contributed by atoms with E-state index in [1.165, 1.54) is 6.07 Å². The van der Waals surface area contributed by atoms with Gasteiger partial charge in [0.25, 0.3) is 0 Å². The molecule has 0 aliphatic rings. The van der Waals surface area contributed by atoms with Crippen LogP contribution in [-0.4, -0.2) is 18.1 Å². The first kappa shape index (κ1) is 18.5. The van der Waals surface area contributed by atoms with Gasteiger partial charge in [-0.05, 0) is 48.0 Å². The molecule has 3 aromatic rings. The number of aryl methyl sites for hydroxylation is 1. The summed E-state index contributed by atoms with van der Waals surface area (Å²) in [5.74, 6) is 0.0682. The number of halogens is 1. The third kappa shape index (κ3) is 3.46. The van der Waals surface area contributed by atoms with Crippen LogP contribution in [-0.2, 0) is 11.2 Å². The maximum Gasteiger partial charge on any atom is 0.211 e. The van der Waals surface area contributed by atoms with Crippen molar-refractivity contribution in [3.63, 3.8) is 0 Å². The molecule has 0 bridgehead atoms. The number of nitrogens with one attached hydrogen (secondary N) is 1. The van der Waals surface area contributed by atoms with Crippen LogP contribution in [0.25, 0.3) is 22.3 Å². The lowest BCUT2D eigenvalue weighted by molar-refractivity contribution is -0.105. The normalized spacial score (nSPS) is 10.7. The molecule has 134 valence electrons. The molecule has 26 heavy (non-hydrogen) atoms. The Kier molecular flexibility index (Phi) is 5.61. The molecule has 0 fully saturated rings. The van der Waals surface area contributed by atoms with Crippen molar-refractivity contribution in [2.75, 3.05) is 11.9 Å². The zero-order chi connectivity index (χ0) is 18.7.